The van der Waals surface area contributed by atoms with E-state index in [1.807, 2.05) is 12.4 Å². The molecule has 0 fully saturated rings. The average Bonchev–Trinajstić information content (AvgIpc) is 2.62. The summed E-state index contributed by atoms with van der Waals surface area (Å²) in [4.78, 5) is 4.40. The van der Waals surface area contributed by atoms with Gasteiger partial charge in [-0.3, -0.25) is 0 Å². The highest BCUT2D eigenvalue weighted by Crippen LogP contribution is 2.24. The summed E-state index contributed by atoms with van der Waals surface area (Å²) in [6.07, 6.45) is 6.07. The molecule has 2 nitrogen and oxygen atoms in total. The summed E-state index contributed by atoms with van der Waals surface area (Å²) in [6, 6.07) is 2.29. The van der Waals surface area contributed by atoms with Crippen LogP contribution < -0.4 is 0 Å². The molecule has 0 unspecified atom stereocenters. The zero-order valence-electron chi connectivity index (χ0n) is 9.86. The van der Waals surface area contributed by atoms with Gasteiger partial charge in [-0.15, -0.1) is 0 Å². The molecule has 2 heterocycles. The molecule has 0 aliphatic heterocycles. The van der Waals surface area contributed by atoms with Crippen molar-refractivity contribution >= 4 is 5.65 Å². The first-order valence-electron chi connectivity index (χ1n) is 5.56. The zero-order chi connectivity index (χ0) is 11.0. The fraction of sp³-hybridized carbons (Fsp3) is 0.462. The van der Waals surface area contributed by atoms with Crippen LogP contribution in [-0.4, -0.2) is 9.38 Å². The van der Waals surface area contributed by atoms with E-state index in [0.29, 0.717) is 11.8 Å². The van der Waals surface area contributed by atoms with E-state index >= 15 is 0 Å². The molecular weight excluding hydrogens is 184 g/mol. The van der Waals surface area contributed by atoms with Crippen LogP contribution in [0.5, 0.6) is 0 Å². The molecule has 0 aromatic carbocycles. The molecule has 2 rings (SSSR count). The minimum Gasteiger partial charge on any atom is -0.307 e. The van der Waals surface area contributed by atoms with Gasteiger partial charge in [-0.05, 0) is 23.0 Å². The summed E-state index contributed by atoms with van der Waals surface area (Å²) < 4.78 is 2.13. The summed E-state index contributed by atoms with van der Waals surface area (Å²) in [6.45, 7) is 8.88. The van der Waals surface area contributed by atoms with Gasteiger partial charge in [0.25, 0.3) is 0 Å². The lowest BCUT2D eigenvalue weighted by Crippen LogP contribution is -1.99. The maximum Gasteiger partial charge on any atom is 0.140 e. The highest BCUT2D eigenvalue weighted by Gasteiger charge is 2.10. The number of pyridine rings is 1. The summed E-state index contributed by atoms with van der Waals surface area (Å²) in [5.74, 6) is 1.09. The fourth-order valence-corrected chi connectivity index (χ4v) is 1.82. The first-order chi connectivity index (χ1) is 7.09. The van der Waals surface area contributed by atoms with Gasteiger partial charge in [0.2, 0.25) is 0 Å². The van der Waals surface area contributed by atoms with Crippen molar-refractivity contribution in [2.24, 2.45) is 0 Å². The Balaban J connectivity index is 2.69. The van der Waals surface area contributed by atoms with Crippen LogP contribution in [0, 0.1) is 0 Å². The Morgan fingerprint density at radius 3 is 2.47 bits per heavy atom. The van der Waals surface area contributed by atoms with Gasteiger partial charge in [0, 0.05) is 18.6 Å². The molecule has 0 amide bonds. The van der Waals surface area contributed by atoms with Crippen molar-refractivity contribution in [2.45, 2.75) is 39.5 Å². The van der Waals surface area contributed by atoms with Crippen LogP contribution in [-0.2, 0) is 0 Å². The fourth-order valence-electron chi connectivity index (χ4n) is 1.82. The minimum atomic E-state index is 0.522. The Labute approximate surface area is 91.0 Å². The minimum absolute atomic E-state index is 0.522. The molecule has 0 aliphatic rings. The number of nitrogens with zero attached hydrogens (tertiary/aromatic N) is 2. The lowest BCUT2D eigenvalue weighted by Gasteiger charge is -2.12. The number of hydrogen-bond donors (Lipinski definition) is 0. The summed E-state index contributed by atoms with van der Waals surface area (Å²) >= 11 is 0. The second-order valence-electron chi connectivity index (χ2n) is 4.70. The summed E-state index contributed by atoms with van der Waals surface area (Å²) in [5.41, 5.74) is 3.81. The van der Waals surface area contributed by atoms with Crippen molar-refractivity contribution in [3.8, 4) is 0 Å². The standard InChI is InChI=1S/C13H18N2/c1-9(2)11-7-12(10(3)4)13-14-5-6-15(13)8-11/h5-10H,1-4H3. The average molecular weight is 202 g/mol. The van der Waals surface area contributed by atoms with Crippen LogP contribution in [0.25, 0.3) is 5.65 Å². The number of fused-ring (bicyclic) bond motifs is 1. The molecule has 0 atom stereocenters. The van der Waals surface area contributed by atoms with Gasteiger partial charge in [0.1, 0.15) is 5.65 Å². The first kappa shape index (κ1) is 10.2. The molecule has 0 radical (unpaired) electrons. The van der Waals surface area contributed by atoms with Crippen molar-refractivity contribution in [1.82, 2.24) is 9.38 Å². The molecule has 0 aliphatic carbocycles. The molecule has 2 aromatic rings. The van der Waals surface area contributed by atoms with Crippen LogP contribution in [0.2, 0.25) is 0 Å². The summed E-state index contributed by atoms with van der Waals surface area (Å²) in [7, 11) is 0. The van der Waals surface area contributed by atoms with E-state index in [1.54, 1.807) is 0 Å². The number of imidazole rings is 1. The van der Waals surface area contributed by atoms with Crippen LogP contribution in [0.3, 0.4) is 0 Å². The predicted molar refractivity (Wildman–Crippen MR) is 63.4 cm³/mol. The Hall–Kier alpha value is -1.31. The smallest absolute Gasteiger partial charge is 0.140 e. The molecule has 80 valence electrons. The normalized spacial score (nSPS) is 11.9. The maximum atomic E-state index is 4.40. The van der Waals surface area contributed by atoms with E-state index in [2.05, 4.69) is 49.3 Å². The van der Waals surface area contributed by atoms with Gasteiger partial charge in [0.15, 0.2) is 0 Å². The third-order valence-electron chi connectivity index (χ3n) is 2.83. The van der Waals surface area contributed by atoms with Crippen LogP contribution >= 0.6 is 0 Å². The van der Waals surface area contributed by atoms with E-state index in [0.717, 1.165) is 5.65 Å². The van der Waals surface area contributed by atoms with E-state index in [9.17, 15) is 0 Å². The van der Waals surface area contributed by atoms with Crippen molar-refractivity contribution < 1.29 is 0 Å². The van der Waals surface area contributed by atoms with E-state index < -0.39 is 0 Å². The molecular formula is C13H18N2. The third-order valence-corrected chi connectivity index (χ3v) is 2.83. The maximum absolute atomic E-state index is 4.40. The van der Waals surface area contributed by atoms with E-state index in [1.165, 1.54) is 11.1 Å². The zero-order valence-corrected chi connectivity index (χ0v) is 9.86. The van der Waals surface area contributed by atoms with Crippen molar-refractivity contribution in [3.05, 3.63) is 35.8 Å². The number of aromatic nitrogens is 2. The molecule has 0 saturated heterocycles. The van der Waals surface area contributed by atoms with Gasteiger partial charge in [-0.2, -0.15) is 0 Å². The van der Waals surface area contributed by atoms with Crippen molar-refractivity contribution in [1.29, 1.82) is 0 Å². The molecule has 0 saturated carbocycles. The first-order valence-corrected chi connectivity index (χ1v) is 5.56. The SMILES string of the molecule is CC(C)c1cc(C(C)C)c2nccn2c1. The van der Waals surface area contributed by atoms with Crippen molar-refractivity contribution in [3.63, 3.8) is 0 Å². The molecule has 0 spiro atoms. The number of rotatable bonds is 2. The lowest BCUT2D eigenvalue weighted by molar-refractivity contribution is 0.820. The Bertz CT molecular complexity index is 466. The van der Waals surface area contributed by atoms with Gasteiger partial charge in [-0.1, -0.05) is 33.8 Å². The second-order valence-corrected chi connectivity index (χ2v) is 4.70. The molecule has 0 bridgehead atoms. The van der Waals surface area contributed by atoms with Crippen LogP contribution in [0.4, 0.5) is 0 Å². The lowest BCUT2D eigenvalue weighted by atomic mass is 9.98. The highest BCUT2D eigenvalue weighted by atomic mass is 15.0. The van der Waals surface area contributed by atoms with Crippen LogP contribution in [0.15, 0.2) is 24.7 Å². The Morgan fingerprint density at radius 1 is 1.13 bits per heavy atom. The molecule has 2 heteroatoms. The second kappa shape index (κ2) is 3.69. The quantitative estimate of drug-likeness (QED) is 0.727. The predicted octanol–water partition coefficient (Wildman–Crippen LogP) is 3.58. The molecule has 2 aromatic heterocycles. The van der Waals surface area contributed by atoms with Gasteiger partial charge in [0.05, 0.1) is 0 Å². The van der Waals surface area contributed by atoms with Gasteiger partial charge in [-0.25, -0.2) is 4.98 Å². The summed E-state index contributed by atoms with van der Waals surface area (Å²) in [5, 5.41) is 0. The molecule has 15 heavy (non-hydrogen) atoms. The van der Waals surface area contributed by atoms with Crippen molar-refractivity contribution in [2.75, 3.05) is 0 Å². The van der Waals surface area contributed by atoms with Crippen LogP contribution in [0.1, 0.15) is 50.7 Å². The monoisotopic (exact) mass is 202 g/mol. The topological polar surface area (TPSA) is 17.3 Å². The van der Waals surface area contributed by atoms with E-state index in [-0.39, 0.29) is 0 Å². The third kappa shape index (κ3) is 1.76. The highest BCUT2D eigenvalue weighted by molar-refractivity contribution is 5.51. The molecule has 0 N–H and O–H groups in total. The van der Waals surface area contributed by atoms with Gasteiger partial charge >= 0.3 is 0 Å². The Kier molecular flexibility index (Phi) is 2.51. The Morgan fingerprint density at radius 2 is 1.87 bits per heavy atom. The largest absolute Gasteiger partial charge is 0.307 e. The van der Waals surface area contributed by atoms with Gasteiger partial charge < -0.3 is 4.40 Å². The number of hydrogen-bond acceptors (Lipinski definition) is 1. The van der Waals surface area contributed by atoms with E-state index in [4.69, 9.17) is 0 Å².